The molecule has 0 aromatic rings. The minimum Gasteiger partial charge on any atom is -0.381 e. The topological polar surface area (TPSA) is 43.4 Å². The second-order valence-electron chi connectivity index (χ2n) is 12.1. The molecule has 0 amide bonds. The predicted molar refractivity (Wildman–Crippen MR) is 139 cm³/mol. The summed E-state index contributed by atoms with van der Waals surface area (Å²) >= 11 is 0. The third kappa shape index (κ3) is 6.84. The summed E-state index contributed by atoms with van der Waals surface area (Å²) in [7, 11) is -5.66. The maximum Gasteiger partial charge on any atom is 0.534 e. The third-order valence-electron chi connectivity index (χ3n) is 10.2. The van der Waals surface area contributed by atoms with Gasteiger partial charge in [0.2, 0.25) is 0 Å². The molecular weight excluding hydrogens is 471 g/mol. The number of alkyl halides is 3. The highest BCUT2D eigenvalue weighted by Gasteiger charge is 2.49. The Kier molecular flexibility index (Phi) is 9.30. The van der Waals surface area contributed by atoms with Crippen LogP contribution in [-0.4, -0.2) is 27.4 Å². The van der Waals surface area contributed by atoms with Crippen LogP contribution >= 0.6 is 0 Å². The lowest BCUT2D eigenvalue weighted by Crippen LogP contribution is -2.34. The first-order chi connectivity index (χ1) is 16.7. The molecule has 198 valence electrons. The van der Waals surface area contributed by atoms with Gasteiger partial charge in [-0.25, -0.2) is 0 Å². The van der Waals surface area contributed by atoms with Crippen LogP contribution in [0.15, 0.2) is 12.3 Å². The first kappa shape index (κ1) is 27.4. The van der Waals surface area contributed by atoms with Crippen LogP contribution in [-0.2, 0) is 14.3 Å². The third-order valence-corrected chi connectivity index (χ3v) is 11.2. The first-order valence-corrected chi connectivity index (χ1v) is 15.8. The standard InChI is InChI=1S/C26H43B2F3O3S/c1-20(34-35(32,33)26(29,30)31)21(8-6-18-27-22-10-2-11-23(27)13-3-12-22)9-7-19-28-24-14-4-15-25(28)17-5-16-24/h21-25H,1-19H2. The van der Waals surface area contributed by atoms with E-state index in [1.54, 1.807) is 0 Å². The van der Waals surface area contributed by atoms with Crippen molar-refractivity contribution in [3.63, 3.8) is 0 Å². The van der Waals surface area contributed by atoms with Crippen molar-refractivity contribution in [3.05, 3.63) is 12.3 Å². The molecule has 4 aliphatic rings. The summed E-state index contributed by atoms with van der Waals surface area (Å²) in [6.45, 7) is 5.16. The molecule has 35 heavy (non-hydrogen) atoms. The van der Waals surface area contributed by atoms with E-state index in [0.29, 0.717) is 12.8 Å². The van der Waals surface area contributed by atoms with Crippen LogP contribution in [0.25, 0.3) is 0 Å². The largest absolute Gasteiger partial charge is 0.534 e. The van der Waals surface area contributed by atoms with Gasteiger partial charge in [0, 0.05) is 5.92 Å². The van der Waals surface area contributed by atoms with E-state index in [0.717, 1.165) is 62.2 Å². The predicted octanol–water partition coefficient (Wildman–Crippen LogP) is 8.75. The van der Waals surface area contributed by atoms with Gasteiger partial charge < -0.3 is 4.18 Å². The summed E-state index contributed by atoms with van der Waals surface area (Å²) in [5.41, 5.74) is -5.42. The van der Waals surface area contributed by atoms with E-state index >= 15 is 0 Å². The van der Waals surface area contributed by atoms with Crippen molar-refractivity contribution in [2.45, 2.75) is 144 Å². The van der Waals surface area contributed by atoms with E-state index < -0.39 is 15.6 Å². The van der Waals surface area contributed by atoms with E-state index in [9.17, 15) is 21.6 Å². The molecule has 0 N–H and O–H groups in total. The fourth-order valence-electron chi connectivity index (χ4n) is 8.49. The van der Waals surface area contributed by atoms with Gasteiger partial charge in [-0.15, -0.1) is 0 Å². The zero-order valence-corrected chi connectivity index (χ0v) is 22.1. The highest BCUT2D eigenvalue weighted by atomic mass is 32.2. The minimum atomic E-state index is -5.66. The van der Waals surface area contributed by atoms with Gasteiger partial charge in [0.05, 0.1) is 0 Å². The lowest BCUT2D eigenvalue weighted by atomic mass is 9.25. The highest BCUT2D eigenvalue weighted by Crippen LogP contribution is 2.49. The normalized spacial score (nSPS) is 30.1. The molecule has 4 heterocycles. The van der Waals surface area contributed by atoms with Gasteiger partial charge in [0.1, 0.15) is 19.2 Å². The number of rotatable bonds is 11. The Labute approximate surface area is 211 Å². The SMILES string of the molecule is C=C(OS(=O)(=O)C(F)(F)F)C(CCCB1C2CCCC1CCC2)CCCB1C2CCCC1CCC2. The Morgan fingerprint density at radius 3 is 1.43 bits per heavy atom. The monoisotopic (exact) mass is 514 g/mol. The van der Waals surface area contributed by atoms with Crippen molar-refractivity contribution in [1.82, 2.24) is 0 Å². The lowest BCUT2D eigenvalue weighted by molar-refractivity contribution is -0.0527. The molecule has 0 aliphatic carbocycles. The molecule has 0 radical (unpaired) electrons. The van der Waals surface area contributed by atoms with Crippen molar-refractivity contribution in [1.29, 1.82) is 0 Å². The van der Waals surface area contributed by atoms with E-state index in [2.05, 4.69) is 10.8 Å². The van der Waals surface area contributed by atoms with Crippen molar-refractivity contribution in [3.8, 4) is 0 Å². The average molecular weight is 514 g/mol. The first-order valence-electron chi connectivity index (χ1n) is 14.3. The summed E-state index contributed by atoms with van der Waals surface area (Å²) in [5, 5.41) is 0. The second kappa shape index (κ2) is 11.9. The molecule has 0 aromatic heterocycles. The van der Waals surface area contributed by atoms with Gasteiger partial charge in [0.15, 0.2) is 0 Å². The second-order valence-corrected chi connectivity index (χ2v) is 13.6. The van der Waals surface area contributed by atoms with Crippen LogP contribution in [0.1, 0.15) is 103 Å². The van der Waals surface area contributed by atoms with Crippen LogP contribution in [0.4, 0.5) is 13.2 Å². The van der Waals surface area contributed by atoms with Gasteiger partial charge in [-0.2, -0.15) is 21.6 Å². The number of hydrogen-bond acceptors (Lipinski definition) is 3. The summed E-state index contributed by atoms with van der Waals surface area (Å²) in [5.74, 6) is 2.66. The van der Waals surface area contributed by atoms with Gasteiger partial charge in [0.25, 0.3) is 0 Å². The highest BCUT2D eigenvalue weighted by molar-refractivity contribution is 7.87. The molecule has 4 fully saturated rings. The molecule has 0 aromatic carbocycles. The van der Waals surface area contributed by atoms with Crippen LogP contribution in [0, 0.1) is 5.92 Å². The van der Waals surface area contributed by atoms with Gasteiger partial charge >= 0.3 is 15.6 Å². The molecule has 4 rings (SSSR count). The summed E-state index contributed by atoms with van der Waals surface area (Å²) in [4.78, 5) is 0. The summed E-state index contributed by atoms with van der Waals surface area (Å²) < 4.78 is 66.8. The molecule has 0 atom stereocenters. The van der Waals surface area contributed by atoms with E-state index in [1.165, 1.54) is 77.0 Å². The van der Waals surface area contributed by atoms with E-state index in [1.807, 2.05) is 0 Å². The number of halogens is 3. The van der Waals surface area contributed by atoms with Gasteiger partial charge in [-0.3, -0.25) is 0 Å². The molecule has 4 bridgehead atoms. The fraction of sp³-hybridized carbons (Fsp3) is 0.923. The van der Waals surface area contributed by atoms with E-state index in [-0.39, 0.29) is 11.7 Å². The van der Waals surface area contributed by atoms with Gasteiger partial charge in [-0.05, 0) is 12.8 Å². The molecule has 4 saturated heterocycles. The molecule has 4 aliphatic heterocycles. The van der Waals surface area contributed by atoms with Crippen molar-refractivity contribution in [2.24, 2.45) is 5.92 Å². The quantitative estimate of drug-likeness (QED) is 0.120. The zero-order chi connectivity index (χ0) is 25.1. The lowest BCUT2D eigenvalue weighted by Gasteiger charge is -2.41. The molecular formula is C26H43B2F3O3S. The number of hydrogen-bond donors (Lipinski definition) is 0. The van der Waals surface area contributed by atoms with Crippen molar-refractivity contribution < 1.29 is 25.8 Å². The maximum atomic E-state index is 13.0. The minimum absolute atomic E-state index is 0.213. The van der Waals surface area contributed by atoms with Crippen LogP contribution in [0.3, 0.4) is 0 Å². The Bertz CT molecular complexity index is 737. The van der Waals surface area contributed by atoms with Gasteiger partial charge in [-0.1, -0.05) is 132 Å². The van der Waals surface area contributed by atoms with Crippen LogP contribution < -0.4 is 0 Å². The molecule has 3 nitrogen and oxygen atoms in total. The van der Waals surface area contributed by atoms with Crippen LogP contribution in [0.2, 0.25) is 35.9 Å². The van der Waals surface area contributed by atoms with Crippen LogP contribution in [0.5, 0.6) is 0 Å². The smallest absolute Gasteiger partial charge is 0.381 e. The Morgan fingerprint density at radius 1 is 0.771 bits per heavy atom. The Hall–Kier alpha value is -0.590. The van der Waals surface area contributed by atoms with Crippen molar-refractivity contribution in [2.75, 3.05) is 0 Å². The zero-order valence-electron chi connectivity index (χ0n) is 21.2. The molecule has 0 saturated carbocycles. The Morgan fingerprint density at radius 2 is 1.11 bits per heavy atom. The fourth-order valence-corrected chi connectivity index (χ4v) is 9.01. The Balaban J connectivity index is 1.34. The average Bonchev–Trinajstić information content (AvgIpc) is 2.76. The summed E-state index contributed by atoms with van der Waals surface area (Å²) in [6.07, 6.45) is 21.2. The molecule has 0 unspecified atom stereocenters. The molecule has 9 heteroatoms. The number of allylic oxidation sites excluding steroid dienone is 1. The molecule has 0 spiro atoms. The maximum absolute atomic E-state index is 13.0. The number of fused-ring (bicyclic) bond motifs is 4. The summed E-state index contributed by atoms with van der Waals surface area (Å²) in [6, 6.07) is 0. The van der Waals surface area contributed by atoms with E-state index in [4.69, 9.17) is 0 Å². The van der Waals surface area contributed by atoms with Crippen molar-refractivity contribution >= 4 is 23.5 Å².